The largest absolute Gasteiger partial charge is 0.378 e. The van der Waals surface area contributed by atoms with E-state index in [0.29, 0.717) is 6.04 Å². The Balaban J connectivity index is 1.52. The highest BCUT2D eigenvalue weighted by Gasteiger charge is 2.15. The van der Waals surface area contributed by atoms with Gasteiger partial charge >= 0.3 is 0 Å². The Morgan fingerprint density at radius 1 is 1.17 bits per heavy atom. The van der Waals surface area contributed by atoms with E-state index in [0.717, 1.165) is 44.4 Å². The van der Waals surface area contributed by atoms with E-state index >= 15 is 0 Å². The predicted molar refractivity (Wildman–Crippen MR) is 93.0 cm³/mol. The van der Waals surface area contributed by atoms with Crippen LogP contribution in [0.2, 0.25) is 0 Å². The molecule has 0 aliphatic carbocycles. The predicted octanol–water partition coefficient (Wildman–Crippen LogP) is 1.56. The van der Waals surface area contributed by atoms with Crippen molar-refractivity contribution in [3.8, 4) is 0 Å². The van der Waals surface area contributed by atoms with Crippen molar-refractivity contribution in [1.82, 2.24) is 25.1 Å². The first-order chi connectivity index (χ1) is 11.6. The van der Waals surface area contributed by atoms with E-state index in [-0.39, 0.29) is 6.04 Å². The van der Waals surface area contributed by atoms with E-state index in [1.807, 2.05) is 23.3 Å². The average molecular weight is 330 g/mol. The molecular formula is C17H26N6O. The SMILES string of the molecule is Cc1cnn(C(C)C(C)NCc2cnc(N3CCOCC3)nc2)c1. The van der Waals surface area contributed by atoms with E-state index in [9.17, 15) is 0 Å². The summed E-state index contributed by atoms with van der Waals surface area (Å²) in [6.07, 6.45) is 7.77. The molecule has 130 valence electrons. The summed E-state index contributed by atoms with van der Waals surface area (Å²) >= 11 is 0. The zero-order chi connectivity index (χ0) is 16.9. The van der Waals surface area contributed by atoms with Gasteiger partial charge in [0.25, 0.3) is 0 Å². The molecule has 2 aromatic rings. The van der Waals surface area contributed by atoms with Gasteiger partial charge in [0.15, 0.2) is 0 Å². The Kier molecular flexibility index (Phi) is 5.42. The van der Waals surface area contributed by atoms with Crippen LogP contribution in [-0.2, 0) is 11.3 Å². The summed E-state index contributed by atoms with van der Waals surface area (Å²) in [7, 11) is 0. The summed E-state index contributed by atoms with van der Waals surface area (Å²) in [4.78, 5) is 11.1. The average Bonchev–Trinajstić information content (AvgIpc) is 3.06. The van der Waals surface area contributed by atoms with Crippen molar-refractivity contribution in [2.75, 3.05) is 31.2 Å². The maximum absolute atomic E-state index is 5.36. The number of rotatable bonds is 6. The number of nitrogens with one attached hydrogen (secondary N) is 1. The van der Waals surface area contributed by atoms with Crippen LogP contribution in [0, 0.1) is 6.92 Å². The molecule has 24 heavy (non-hydrogen) atoms. The minimum atomic E-state index is 0.284. The van der Waals surface area contributed by atoms with Gasteiger partial charge in [-0.1, -0.05) is 0 Å². The number of morpholine rings is 1. The molecule has 7 heteroatoms. The van der Waals surface area contributed by atoms with Crippen molar-refractivity contribution in [2.24, 2.45) is 0 Å². The van der Waals surface area contributed by atoms with E-state index in [1.165, 1.54) is 5.56 Å². The standard InChI is InChI=1S/C17H26N6O/c1-13-8-21-23(12-13)15(3)14(2)18-9-16-10-19-17(20-11-16)22-4-6-24-7-5-22/h8,10-12,14-15,18H,4-7,9H2,1-3H3. The first kappa shape index (κ1) is 16.9. The topological polar surface area (TPSA) is 68.1 Å². The molecule has 2 unspecified atom stereocenters. The van der Waals surface area contributed by atoms with E-state index in [4.69, 9.17) is 4.74 Å². The van der Waals surface area contributed by atoms with Crippen LogP contribution < -0.4 is 10.2 Å². The third kappa shape index (κ3) is 4.10. The number of aromatic nitrogens is 4. The minimum absolute atomic E-state index is 0.284. The van der Waals surface area contributed by atoms with Gasteiger partial charge in [-0.25, -0.2) is 9.97 Å². The molecule has 1 aliphatic rings. The minimum Gasteiger partial charge on any atom is -0.378 e. The van der Waals surface area contributed by atoms with Gasteiger partial charge in [-0.3, -0.25) is 4.68 Å². The lowest BCUT2D eigenvalue weighted by molar-refractivity contribution is 0.122. The van der Waals surface area contributed by atoms with Gasteiger partial charge in [0.2, 0.25) is 5.95 Å². The summed E-state index contributed by atoms with van der Waals surface area (Å²) in [6, 6.07) is 0.579. The highest BCUT2D eigenvalue weighted by molar-refractivity contribution is 5.30. The van der Waals surface area contributed by atoms with Crippen molar-refractivity contribution in [3.63, 3.8) is 0 Å². The highest BCUT2D eigenvalue weighted by atomic mass is 16.5. The molecule has 0 aromatic carbocycles. The molecule has 0 spiro atoms. The Hall–Kier alpha value is -1.99. The second-order valence-electron chi connectivity index (χ2n) is 6.40. The molecule has 1 N–H and O–H groups in total. The number of hydrogen-bond acceptors (Lipinski definition) is 6. The fraction of sp³-hybridized carbons (Fsp3) is 0.588. The molecule has 0 saturated carbocycles. The van der Waals surface area contributed by atoms with Gasteiger partial charge in [0, 0.05) is 49.8 Å². The van der Waals surface area contributed by atoms with Gasteiger partial charge < -0.3 is 15.0 Å². The van der Waals surface area contributed by atoms with Gasteiger partial charge in [0.05, 0.1) is 25.5 Å². The summed E-state index contributed by atoms with van der Waals surface area (Å²) < 4.78 is 7.36. The lowest BCUT2D eigenvalue weighted by Crippen LogP contribution is -2.37. The molecule has 0 radical (unpaired) electrons. The van der Waals surface area contributed by atoms with Crippen LogP contribution in [0.1, 0.15) is 31.0 Å². The molecule has 1 aliphatic heterocycles. The van der Waals surface area contributed by atoms with Crippen LogP contribution in [-0.4, -0.2) is 52.1 Å². The normalized spacial score (nSPS) is 17.7. The van der Waals surface area contributed by atoms with E-state index < -0.39 is 0 Å². The molecule has 3 rings (SSSR count). The second-order valence-corrected chi connectivity index (χ2v) is 6.40. The maximum atomic E-state index is 5.36. The van der Waals surface area contributed by atoms with Crippen LogP contribution >= 0.6 is 0 Å². The number of aryl methyl sites for hydroxylation is 1. The molecular weight excluding hydrogens is 304 g/mol. The van der Waals surface area contributed by atoms with Crippen molar-refractivity contribution in [1.29, 1.82) is 0 Å². The van der Waals surface area contributed by atoms with Gasteiger partial charge in [0.1, 0.15) is 0 Å². The zero-order valence-corrected chi connectivity index (χ0v) is 14.6. The first-order valence-electron chi connectivity index (χ1n) is 8.51. The van der Waals surface area contributed by atoms with E-state index in [1.54, 1.807) is 0 Å². The maximum Gasteiger partial charge on any atom is 0.225 e. The third-order valence-electron chi connectivity index (χ3n) is 4.49. The summed E-state index contributed by atoms with van der Waals surface area (Å²) in [6.45, 7) is 10.3. The number of anilines is 1. The van der Waals surface area contributed by atoms with Crippen LogP contribution in [0.25, 0.3) is 0 Å². The molecule has 1 saturated heterocycles. The summed E-state index contributed by atoms with van der Waals surface area (Å²) in [5.74, 6) is 0.787. The highest BCUT2D eigenvalue weighted by Crippen LogP contribution is 2.12. The number of nitrogens with zero attached hydrogens (tertiary/aromatic N) is 5. The quantitative estimate of drug-likeness (QED) is 0.867. The molecule has 0 bridgehead atoms. The van der Waals surface area contributed by atoms with Crippen molar-refractivity contribution in [2.45, 2.75) is 39.4 Å². The molecule has 3 heterocycles. The Labute approximate surface area is 143 Å². The fourth-order valence-electron chi connectivity index (χ4n) is 2.70. The van der Waals surface area contributed by atoms with Crippen molar-refractivity contribution < 1.29 is 4.74 Å². The Bertz CT molecular complexity index is 635. The van der Waals surface area contributed by atoms with Gasteiger partial charge in [-0.05, 0) is 26.3 Å². The van der Waals surface area contributed by atoms with Crippen LogP contribution in [0.15, 0.2) is 24.8 Å². The Morgan fingerprint density at radius 3 is 2.50 bits per heavy atom. The molecule has 2 atom stereocenters. The Morgan fingerprint density at radius 2 is 1.88 bits per heavy atom. The number of ether oxygens (including phenoxy) is 1. The first-order valence-corrected chi connectivity index (χ1v) is 8.51. The molecule has 0 amide bonds. The lowest BCUT2D eigenvalue weighted by atomic mass is 10.1. The molecule has 2 aromatic heterocycles. The fourth-order valence-corrected chi connectivity index (χ4v) is 2.70. The van der Waals surface area contributed by atoms with Crippen LogP contribution in [0.4, 0.5) is 5.95 Å². The van der Waals surface area contributed by atoms with Gasteiger partial charge in [-0.2, -0.15) is 5.10 Å². The summed E-state index contributed by atoms with van der Waals surface area (Å²) in [5.41, 5.74) is 2.27. The second kappa shape index (κ2) is 7.72. The number of hydrogen-bond donors (Lipinski definition) is 1. The third-order valence-corrected chi connectivity index (χ3v) is 4.49. The zero-order valence-electron chi connectivity index (χ0n) is 14.6. The van der Waals surface area contributed by atoms with Crippen molar-refractivity contribution >= 4 is 5.95 Å². The van der Waals surface area contributed by atoms with Crippen LogP contribution in [0.3, 0.4) is 0 Å². The van der Waals surface area contributed by atoms with Gasteiger partial charge in [-0.15, -0.1) is 0 Å². The van der Waals surface area contributed by atoms with E-state index in [2.05, 4.69) is 52.3 Å². The summed E-state index contributed by atoms with van der Waals surface area (Å²) in [5, 5.41) is 7.92. The molecule has 1 fully saturated rings. The smallest absolute Gasteiger partial charge is 0.225 e. The lowest BCUT2D eigenvalue weighted by Gasteiger charge is -2.26. The molecule has 7 nitrogen and oxygen atoms in total. The van der Waals surface area contributed by atoms with Crippen LogP contribution in [0.5, 0.6) is 0 Å². The monoisotopic (exact) mass is 330 g/mol. The van der Waals surface area contributed by atoms with Crippen molar-refractivity contribution in [3.05, 3.63) is 35.9 Å².